The first kappa shape index (κ1) is 30.5. The van der Waals surface area contributed by atoms with Gasteiger partial charge in [0.25, 0.3) is 11.8 Å². The van der Waals surface area contributed by atoms with Gasteiger partial charge in [-0.3, -0.25) is 14.4 Å². The molecule has 1 unspecified atom stereocenters. The van der Waals surface area contributed by atoms with E-state index in [1.165, 1.54) is 11.8 Å². The standard InChI is InChI=1S/C32H31N3O5S2/c1-5-40-32(39)26-20(3)27(30(38)33-22-13-7-6-8-14-22)42-31(26)35-28(36)21(4)41-24-16-11-15-23(18-24)34-29(37)25-17-10-9-12-19(25)2/h6-18,21H,5H2,1-4H3,(H,33,38)(H,34,37)(H,35,36). The highest BCUT2D eigenvalue weighted by Crippen LogP contribution is 2.35. The van der Waals surface area contributed by atoms with E-state index in [0.29, 0.717) is 27.4 Å². The third-order valence-corrected chi connectivity index (χ3v) is 8.56. The molecule has 1 atom stereocenters. The number of rotatable bonds is 10. The first-order valence-electron chi connectivity index (χ1n) is 13.3. The minimum atomic E-state index is -0.613. The Morgan fingerprint density at radius 1 is 0.833 bits per heavy atom. The fourth-order valence-electron chi connectivity index (χ4n) is 4.12. The van der Waals surface area contributed by atoms with E-state index >= 15 is 0 Å². The van der Waals surface area contributed by atoms with Crippen molar-refractivity contribution in [2.75, 3.05) is 22.6 Å². The van der Waals surface area contributed by atoms with Crippen LogP contribution >= 0.6 is 23.1 Å². The molecular weight excluding hydrogens is 571 g/mol. The van der Waals surface area contributed by atoms with Crippen molar-refractivity contribution in [1.29, 1.82) is 0 Å². The molecule has 42 heavy (non-hydrogen) atoms. The minimum absolute atomic E-state index is 0.149. The summed E-state index contributed by atoms with van der Waals surface area (Å²) in [5, 5.41) is 8.25. The predicted molar refractivity (Wildman–Crippen MR) is 169 cm³/mol. The van der Waals surface area contributed by atoms with Crippen molar-refractivity contribution in [3.63, 3.8) is 0 Å². The van der Waals surface area contributed by atoms with Crippen molar-refractivity contribution in [1.82, 2.24) is 0 Å². The number of nitrogens with one attached hydrogen (secondary N) is 3. The van der Waals surface area contributed by atoms with E-state index in [9.17, 15) is 19.2 Å². The van der Waals surface area contributed by atoms with Gasteiger partial charge in [-0.1, -0.05) is 42.5 Å². The van der Waals surface area contributed by atoms with Crippen molar-refractivity contribution in [2.45, 2.75) is 37.8 Å². The van der Waals surface area contributed by atoms with Gasteiger partial charge in [0.15, 0.2) is 0 Å². The van der Waals surface area contributed by atoms with E-state index in [1.807, 2.05) is 37.3 Å². The third kappa shape index (κ3) is 7.45. The molecule has 0 aliphatic heterocycles. The topological polar surface area (TPSA) is 114 Å². The lowest BCUT2D eigenvalue weighted by atomic mass is 10.1. The van der Waals surface area contributed by atoms with Crippen molar-refractivity contribution in [3.8, 4) is 0 Å². The first-order valence-corrected chi connectivity index (χ1v) is 15.0. The molecule has 0 radical (unpaired) electrons. The van der Waals surface area contributed by atoms with Gasteiger partial charge in [-0.05, 0) is 75.2 Å². The summed E-state index contributed by atoms with van der Waals surface area (Å²) in [4.78, 5) is 53.0. The van der Waals surface area contributed by atoms with E-state index in [2.05, 4.69) is 16.0 Å². The average molecular weight is 602 g/mol. The molecule has 0 saturated heterocycles. The maximum absolute atomic E-state index is 13.3. The van der Waals surface area contributed by atoms with Gasteiger partial charge in [-0.25, -0.2) is 4.79 Å². The van der Waals surface area contributed by atoms with Gasteiger partial charge in [-0.2, -0.15) is 0 Å². The van der Waals surface area contributed by atoms with Gasteiger partial charge in [0.05, 0.1) is 22.3 Å². The van der Waals surface area contributed by atoms with Gasteiger partial charge in [-0.15, -0.1) is 23.1 Å². The van der Waals surface area contributed by atoms with Crippen molar-refractivity contribution < 1.29 is 23.9 Å². The normalized spacial score (nSPS) is 11.3. The van der Waals surface area contributed by atoms with E-state index in [-0.39, 0.29) is 34.9 Å². The second-order valence-electron chi connectivity index (χ2n) is 9.35. The molecule has 0 aliphatic rings. The number of ether oxygens (including phenoxy) is 1. The molecule has 1 aromatic heterocycles. The number of hydrogen-bond donors (Lipinski definition) is 3. The zero-order chi connectivity index (χ0) is 30.2. The number of carbonyl (C=O) groups excluding carboxylic acids is 4. The number of thiophene rings is 1. The fraction of sp³-hybridized carbons (Fsp3) is 0.188. The summed E-state index contributed by atoms with van der Waals surface area (Å²) in [5.74, 6) is -1.57. The van der Waals surface area contributed by atoms with E-state index < -0.39 is 11.2 Å². The van der Waals surface area contributed by atoms with Crippen molar-refractivity contribution in [3.05, 3.63) is 106 Å². The second-order valence-corrected chi connectivity index (χ2v) is 11.8. The Bertz CT molecular complexity index is 1620. The lowest BCUT2D eigenvalue weighted by Crippen LogP contribution is -2.23. The molecular formula is C32H31N3O5S2. The fourth-order valence-corrected chi connectivity index (χ4v) is 6.14. The zero-order valence-electron chi connectivity index (χ0n) is 23.6. The van der Waals surface area contributed by atoms with Crippen LogP contribution in [-0.4, -0.2) is 35.5 Å². The van der Waals surface area contributed by atoms with Crippen LogP contribution in [-0.2, 0) is 9.53 Å². The van der Waals surface area contributed by atoms with Gasteiger partial charge < -0.3 is 20.7 Å². The number of carbonyl (C=O) groups is 4. The molecule has 3 aromatic carbocycles. The maximum atomic E-state index is 13.3. The Labute approximate surface area is 252 Å². The van der Waals surface area contributed by atoms with Crippen LogP contribution in [0.15, 0.2) is 83.8 Å². The van der Waals surface area contributed by atoms with Crippen LogP contribution in [0.3, 0.4) is 0 Å². The minimum Gasteiger partial charge on any atom is -0.462 e. The Morgan fingerprint density at radius 2 is 1.50 bits per heavy atom. The SMILES string of the molecule is CCOC(=O)c1c(NC(=O)C(C)Sc2cccc(NC(=O)c3ccccc3C)c2)sc(C(=O)Nc2ccccc2)c1C. The Balaban J connectivity index is 1.48. The van der Waals surface area contributed by atoms with Gasteiger partial charge in [0, 0.05) is 21.8 Å². The van der Waals surface area contributed by atoms with Crippen LogP contribution in [0, 0.1) is 13.8 Å². The maximum Gasteiger partial charge on any atom is 0.341 e. The van der Waals surface area contributed by atoms with Crippen LogP contribution in [0.1, 0.15) is 55.4 Å². The van der Waals surface area contributed by atoms with E-state index in [4.69, 9.17) is 4.74 Å². The Morgan fingerprint density at radius 3 is 2.21 bits per heavy atom. The third-order valence-electron chi connectivity index (χ3n) is 6.26. The van der Waals surface area contributed by atoms with E-state index in [1.54, 1.807) is 69.3 Å². The van der Waals surface area contributed by atoms with Crippen LogP contribution in [0.5, 0.6) is 0 Å². The number of hydrogen-bond acceptors (Lipinski definition) is 7. The molecule has 3 amide bonds. The summed E-state index contributed by atoms with van der Waals surface area (Å²) in [6, 6.07) is 23.6. The monoisotopic (exact) mass is 601 g/mol. The Hall–Kier alpha value is -4.41. The summed E-state index contributed by atoms with van der Waals surface area (Å²) in [6.45, 7) is 7.12. The number of para-hydroxylation sites is 1. The van der Waals surface area contributed by atoms with Crippen LogP contribution in [0.25, 0.3) is 0 Å². The van der Waals surface area contributed by atoms with Gasteiger partial charge >= 0.3 is 5.97 Å². The zero-order valence-corrected chi connectivity index (χ0v) is 25.3. The molecule has 3 N–H and O–H groups in total. The number of anilines is 3. The highest BCUT2D eigenvalue weighted by atomic mass is 32.2. The molecule has 8 nitrogen and oxygen atoms in total. The quantitative estimate of drug-likeness (QED) is 0.131. The van der Waals surface area contributed by atoms with Crippen molar-refractivity contribution in [2.24, 2.45) is 0 Å². The van der Waals surface area contributed by atoms with Crippen molar-refractivity contribution >= 4 is 63.2 Å². The first-order chi connectivity index (χ1) is 20.2. The summed E-state index contributed by atoms with van der Waals surface area (Å²) in [6.07, 6.45) is 0. The highest BCUT2D eigenvalue weighted by Gasteiger charge is 2.28. The molecule has 0 fully saturated rings. The second kappa shape index (κ2) is 14.0. The molecule has 0 spiro atoms. The molecule has 10 heteroatoms. The number of aryl methyl sites for hydroxylation is 1. The Kier molecular flexibility index (Phi) is 10.2. The lowest BCUT2D eigenvalue weighted by Gasteiger charge is -2.13. The molecule has 1 heterocycles. The predicted octanol–water partition coefficient (Wildman–Crippen LogP) is 7.17. The summed E-state index contributed by atoms with van der Waals surface area (Å²) in [7, 11) is 0. The molecule has 216 valence electrons. The number of benzene rings is 3. The van der Waals surface area contributed by atoms with Crippen LogP contribution in [0.4, 0.5) is 16.4 Å². The highest BCUT2D eigenvalue weighted by molar-refractivity contribution is 8.00. The largest absolute Gasteiger partial charge is 0.462 e. The number of amides is 3. The molecule has 4 rings (SSSR count). The smallest absolute Gasteiger partial charge is 0.341 e. The van der Waals surface area contributed by atoms with Gasteiger partial charge in [0.1, 0.15) is 5.00 Å². The summed E-state index contributed by atoms with van der Waals surface area (Å²) in [5.41, 5.74) is 3.27. The molecule has 4 aromatic rings. The molecule has 0 aliphatic carbocycles. The van der Waals surface area contributed by atoms with Gasteiger partial charge in [0.2, 0.25) is 5.91 Å². The van der Waals surface area contributed by atoms with E-state index in [0.717, 1.165) is 21.8 Å². The molecule has 0 saturated carbocycles. The van der Waals surface area contributed by atoms with Crippen LogP contribution < -0.4 is 16.0 Å². The van der Waals surface area contributed by atoms with Crippen LogP contribution in [0.2, 0.25) is 0 Å². The number of esters is 1. The lowest BCUT2D eigenvalue weighted by molar-refractivity contribution is -0.115. The summed E-state index contributed by atoms with van der Waals surface area (Å²) >= 11 is 2.33. The average Bonchev–Trinajstić information content (AvgIpc) is 3.29. The number of thioether (sulfide) groups is 1. The summed E-state index contributed by atoms with van der Waals surface area (Å²) < 4.78 is 5.23. The molecule has 0 bridgehead atoms.